The fourth-order valence-corrected chi connectivity index (χ4v) is 3.22. The standard InChI is InChI=1S/C17H19N5OS/c1-11-17(24-21-20-11)10-22(3)9-15-5-4-13-8-14(18-12(2)23)6-7-16(13)19-15/h4-8H,9-10H2,1-3H3,(H,18,23). The Bertz CT molecular complexity index is 876. The van der Waals surface area contributed by atoms with Gasteiger partial charge in [0.2, 0.25) is 5.91 Å². The largest absolute Gasteiger partial charge is 0.326 e. The van der Waals surface area contributed by atoms with Crippen LogP contribution < -0.4 is 5.32 Å². The van der Waals surface area contributed by atoms with Crippen LogP contribution in [0.25, 0.3) is 10.9 Å². The quantitative estimate of drug-likeness (QED) is 0.772. The molecule has 1 amide bonds. The summed E-state index contributed by atoms with van der Waals surface area (Å²) in [6, 6.07) is 9.80. The SMILES string of the molecule is CC(=O)Nc1ccc2nc(CN(C)Cc3snnc3C)ccc2c1. The number of hydrogen-bond donors (Lipinski definition) is 1. The summed E-state index contributed by atoms with van der Waals surface area (Å²) in [6.45, 7) is 5.04. The lowest BCUT2D eigenvalue weighted by Crippen LogP contribution is -2.17. The van der Waals surface area contributed by atoms with Crippen LogP contribution in [0.5, 0.6) is 0 Å². The van der Waals surface area contributed by atoms with Gasteiger partial charge in [-0.05, 0) is 49.8 Å². The van der Waals surface area contributed by atoms with Gasteiger partial charge in [0.1, 0.15) is 0 Å². The first-order valence-electron chi connectivity index (χ1n) is 7.65. The molecule has 2 aromatic heterocycles. The van der Waals surface area contributed by atoms with Crippen molar-refractivity contribution in [2.75, 3.05) is 12.4 Å². The zero-order chi connectivity index (χ0) is 17.1. The highest BCUT2D eigenvalue weighted by Gasteiger charge is 2.09. The third kappa shape index (κ3) is 3.93. The summed E-state index contributed by atoms with van der Waals surface area (Å²) < 4.78 is 3.97. The molecule has 0 bridgehead atoms. The average Bonchev–Trinajstić information content (AvgIpc) is 2.92. The van der Waals surface area contributed by atoms with E-state index in [-0.39, 0.29) is 5.91 Å². The van der Waals surface area contributed by atoms with Crippen molar-refractivity contribution in [3.05, 3.63) is 46.6 Å². The monoisotopic (exact) mass is 341 g/mol. The number of anilines is 1. The van der Waals surface area contributed by atoms with Crippen molar-refractivity contribution in [2.45, 2.75) is 26.9 Å². The Hall–Kier alpha value is -2.38. The minimum absolute atomic E-state index is 0.0756. The van der Waals surface area contributed by atoms with Gasteiger partial charge in [-0.1, -0.05) is 10.6 Å². The predicted octanol–water partition coefficient (Wildman–Crippen LogP) is 2.99. The Morgan fingerprint density at radius 3 is 2.79 bits per heavy atom. The zero-order valence-electron chi connectivity index (χ0n) is 13.9. The Balaban J connectivity index is 1.73. The third-order valence-corrected chi connectivity index (χ3v) is 4.47. The molecule has 7 heteroatoms. The van der Waals surface area contributed by atoms with Crippen LogP contribution in [0.4, 0.5) is 5.69 Å². The van der Waals surface area contributed by atoms with E-state index in [4.69, 9.17) is 4.98 Å². The number of nitrogens with zero attached hydrogens (tertiary/aromatic N) is 4. The molecule has 2 heterocycles. The lowest BCUT2D eigenvalue weighted by atomic mass is 10.1. The number of aromatic nitrogens is 3. The molecule has 0 aliphatic rings. The lowest BCUT2D eigenvalue weighted by Gasteiger charge is -2.15. The van der Waals surface area contributed by atoms with Crippen molar-refractivity contribution in [1.29, 1.82) is 0 Å². The second kappa shape index (κ2) is 7.02. The average molecular weight is 341 g/mol. The molecule has 0 spiro atoms. The van der Waals surface area contributed by atoms with Crippen molar-refractivity contribution >= 4 is 34.0 Å². The van der Waals surface area contributed by atoms with E-state index in [1.54, 1.807) is 0 Å². The molecular formula is C17H19N5OS. The second-order valence-corrected chi connectivity index (χ2v) is 6.68. The fourth-order valence-electron chi connectivity index (χ4n) is 2.51. The number of carbonyl (C=O) groups excluding carboxylic acids is 1. The predicted molar refractivity (Wildman–Crippen MR) is 95.9 cm³/mol. The first-order chi connectivity index (χ1) is 11.5. The van der Waals surface area contributed by atoms with Crippen LogP contribution in [0.2, 0.25) is 0 Å². The molecule has 24 heavy (non-hydrogen) atoms. The number of benzene rings is 1. The van der Waals surface area contributed by atoms with E-state index in [9.17, 15) is 4.79 Å². The maximum atomic E-state index is 11.1. The van der Waals surface area contributed by atoms with Crippen molar-refractivity contribution in [1.82, 2.24) is 19.5 Å². The Labute approximate surface area is 144 Å². The number of rotatable bonds is 5. The summed E-state index contributed by atoms with van der Waals surface area (Å²) in [7, 11) is 2.06. The van der Waals surface area contributed by atoms with Crippen LogP contribution in [0.3, 0.4) is 0 Å². The lowest BCUT2D eigenvalue weighted by molar-refractivity contribution is -0.114. The van der Waals surface area contributed by atoms with Gasteiger partial charge in [-0.2, -0.15) is 0 Å². The molecule has 0 radical (unpaired) electrons. The molecule has 0 atom stereocenters. The van der Waals surface area contributed by atoms with Crippen molar-refractivity contribution in [3.8, 4) is 0 Å². The van der Waals surface area contributed by atoms with Crippen LogP contribution in [0, 0.1) is 6.92 Å². The zero-order valence-corrected chi connectivity index (χ0v) is 14.7. The maximum absolute atomic E-state index is 11.1. The summed E-state index contributed by atoms with van der Waals surface area (Å²) in [5, 5.41) is 7.84. The minimum Gasteiger partial charge on any atom is -0.326 e. The van der Waals surface area contributed by atoms with Gasteiger partial charge >= 0.3 is 0 Å². The smallest absolute Gasteiger partial charge is 0.221 e. The number of carbonyl (C=O) groups is 1. The van der Waals surface area contributed by atoms with Gasteiger partial charge in [-0.15, -0.1) is 5.10 Å². The molecule has 0 aliphatic carbocycles. The third-order valence-electron chi connectivity index (χ3n) is 3.66. The first kappa shape index (κ1) is 16.5. The van der Waals surface area contributed by atoms with E-state index in [2.05, 4.69) is 26.9 Å². The van der Waals surface area contributed by atoms with Crippen molar-refractivity contribution < 1.29 is 4.79 Å². The van der Waals surface area contributed by atoms with Gasteiger partial charge in [0.15, 0.2) is 0 Å². The van der Waals surface area contributed by atoms with Crippen LogP contribution in [0.15, 0.2) is 30.3 Å². The van der Waals surface area contributed by atoms with E-state index in [1.807, 2.05) is 37.3 Å². The Kier molecular flexibility index (Phi) is 4.82. The highest BCUT2D eigenvalue weighted by atomic mass is 32.1. The van der Waals surface area contributed by atoms with E-state index in [0.29, 0.717) is 0 Å². The molecule has 0 unspecified atom stereocenters. The molecule has 3 aromatic rings. The summed E-state index contributed by atoms with van der Waals surface area (Å²) in [5.74, 6) is -0.0756. The van der Waals surface area contributed by atoms with Crippen LogP contribution >= 0.6 is 11.5 Å². The van der Waals surface area contributed by atoms with E-state index >= 15 is 0 Å². The fraction of sp³-hybridized carbons (Fsp3) is 0.294. The Morgan fingerprint density at radius 2 is 2.08 bits per heavy atom. The highest BCUT2D eigenvalue weighted by molar-refractivity contribution is 7.05. The molecule has 6 nitrogen and oxygen atoms in total. The molecule has 0 saturated carbocycles. The molecule has 124 valence electrons. The first-order valence-corrected chi connectivity index (χ1v) is 8.42. The van der Waals surface area contributed by atoms with E-state index in [0.717, 1.165) is 41.1 Å². The summed E-state index contributed by atoms with van der Waals surface area (Å²) in [6.07, 6.45) is 0. The summed E-state index contributed by atoms with van der Waals surface area (Å²) in [5.41, 5.74) is 3.71. The topological polar surface area (TPSA) is 71.0 Å². The molecule has 0 aliphatic heterocycles. The molecule has 1 N–H and O–H groups in total. The molecule has 3 rings (SSSR count). The van der Waals surface area contributed by atoms with Gasteiger partial charge in [0, 0.05) is 31.1 Å². The number of amides is 1. The summed E-state index contributed by atoms with van der Waals surface area (Å²) in [4.78, 5) is 19.2. The van der Waals surface area contributed by atoms with Gasteiger partial charge in [-0.3, -0.25) is 14.7 Å². The van der Waals surface area contributed by atoms with Gasteiger partial charge in [-0.25, -0.2) is 0 Å². The van der Waals surface area contributed by atoms with Crippen LogP contribution in [-0.2, 0) is 17.9 Å². The maximum Gasteiger partial charge on any atom is 0.221 e. The van der Waals surface area contributed by atoms with E-state index < -0.39 is 0 Å². The number of hydrogen-bond acceptors (Lipinski definition) is 6. The number of nitrogens with one attached hydrogen (secondary N) is 1. The molecule has 0 fully saturated rings. The minimum atomic E-state index is -0.0756. The van der Waals surface area contributed by atoms with Gasteiger partial charge in [0.25, 0.3) is 0 Å². The Morgan fingerprint density at radius 1 is 1.25 bits per heavy atom. The number of aryl methyl sites for hydroxylation is 1. The van der Waals surface area contributed by atoms with Crippen LogP contribution in [0.1, 0.15) is 23.2 Å². The van der Waals surface area contributed by atoms with Crippen molar-refractivity contribution in [3.63, 3.8) is 0 Å². The van der Waals surface area contributed by atoms with Crippen molar-refractivity contribution in [2.24, 2.45) is 0 Å². The van der Waals surface area contributed by atoms with Crippen LogP contribution in [-0.4, -0.2) is 32.4 Å². The second-order valence-electron chi connectivity index (χ2n) is 5.85. The molecule has 1 aromatic carbocycles. The number of fused-ring (bicyclic) bond motifs is 1. The molecule has 0 saturated heterocycles. The van der Waals surface area contributed by atoms with Gasteiger partial charge < -0.3 is 5.32 Å². The number of pyridine rings is 1. The highest BCUT2D eigenvalue weighted by Crippen LogP contribution is 2.19. The molecular weight excluding hydrogens is 322 g/mol. The van der Waals surface area contributed by atoms with E-state index in [1.165, 1.54) is 23.3 Å². The summed E-state index contributed by atoms with van der Waals surface area (Å²) >= 11 is 1.44. The normalized spacial score (nSPS) is 11.2. The van der Waals surface area contributed by atoms with Gasteiger partial charge in [0.05, 0.1) is 21.8 Å².